The smallest absolute Gasteiger partial charge is 0.261 e. The van der Waals surface area contributed by atoms with Gasteiger partial charge >= 0.3 is 0 Å². The van der Waals surface area contributed by atoms with Gasteiger partial charge in [0.15, 0.2) is 29.6 Å². The van der Waals surface area contributed by atoms with Crippen LogP contribution in [-0.2, 0) is 20.8 Å². The standard InChI is InChI=1S/C30H29F5N2O5/c1-16-21(14-37-10-12-40-13-11-37)41-30(42-28(16)18-4-2-17(15-38)3-5-18)19-6-8-20(9-7-19)36-29(39)22-23(31)25(33)27(35)26(34)24(22)32/h2-9,16,21,28,30,38H,10-15H2,1H3,(H,36,39)/t16-,21+,28+,30+/m0/s1. The van der Waals surface area contributed by atoms with Crippen molar-refractivity contribution < 1.29 is 46.1 Å². The number of nitrogens with zero attached hydrogens (tertiary/aromatic N) is 1. The highest BCUT2D eigenvalue weighted by Gasteiger charge is 2.39. The number of aliphatic hydroxyl groups is 1. The highest BCUT2D eigenvalue weighted by atomic mass is 19.2. The van der Waals surface area contributed by atoms with Crippen LogP contribution in [0.2, 0.25) is 0 Å². The van der Waals surface area contributed by atoms with Crippen LogP contribution in [0, 0.1) is 35.0 Å². The highest BCUT2D eigenvalue weighted by molar-refractivity contribution is 6.04. The molecular formula is C30H29F5N2O5. The molecule has 0 radical (unpaired) electrons. The van der Waals surface area contributed by atoms with Gasteiger partial charge in [0, 0.05) is 36.8 Å². The number of hydrogen-bond acceptors (Lipinski definition) is 6. The van der Waals surface area contributed by atoms with Gasteiger partial charge in [-0.15, -0.1) is 0 Å². The zero-order valence-electron chi connectivity index (χ0n) is 22.6. The summed E-state index contributed by atoms with van der Waals surface area (Å²) in [6, 6.07) is 13.4. The van der Waals surface area contributed by atoms with Crippen LogP contribution in [0.15, 0.2) is 48.5 Å². The van der Waals surface area contributed by atoms with E-state index in [1.807, 2.05) is 31.2 Å². The van der Waals surface area contributed by atoms with Crippen LogP contribution in [-0.4, -0.2) is 54.9 Å². The van der Waals surface area contributed by atoms with E-state index in [0.717, 1.165) is 24.2 Å². The number of rotatable bonds is 7. The van der Waals surface area contributed by atoms with Crippen LogP contribution < -0.4 is 5.32 Å². The van der Waals surface area contributed by atoms with Crippen molar-refractivity contribution in [1.29, 1.82) is 0 Å². The Morgan fingerprint density at radius 3 is 2.02 bits per heavy atom. The molecule has 3 aromatic carbocycles. The zero-order chi connectivity index (χ0) is 30.0. The van der Waals surface area contributed by atoms with E-state index in [1.165, 1.54) is 12.1 Å². The fourth-order valence-corrected chi connectivity index (χ4v) is 5.09. The van der Waals surface area contributed by atoms with Crippen LogP contribution in [0.5, 0.6) is 0 Å². The molecule has 224 valence electrons. The second kappa shape index (κ2) is 12.8. The molecule has 12 heteroatoms. The molecule has 2 N–H and O–H groups in total. The number of halogens is 5. The summed E-state index contributed by atoms with van der Waals surface area (Å²) in [5, 5.41) is 11.6. The molecular weight excluding hydrogens is 563 g/mol. The Balaban J connectivity index is 1.36. The first-order chi connectivity index (χ1) is 20.2. The average Bonchev–Trinajstić information content (AvgIpc) is 3.01. The fraction of sp³-hybridized carbons (Fsp3) is 0.367. The maximum atomic E-state index is 14.1. The molecule has 0 aromatic heterocycles. The fourth-order valence-electron chi connectivity index (χ4n) is 5.09. The van der Waals surface area contributed by atoms with E-state index in [1.54, 1.807) is 12.1 Å². The van der Waals surface area contributed by atoms with E-state index in [4.69, 9.17) is 14.2 Å². The number of ether oxygens (including phenoxy) is 3. The summed E-state index contributed by atoms with van der Waals surface area (Å²) in [5.74, 6) is -12.7. The molecule has 7 nitrogen and oxygen atoms in total. The molecule has 3 aromatic rings. The number of hydrogen-bond donors (Lipinski definition) is 2. The second-order valence-corrected chi connectivity index (χ2v) is 10.3. The predicted molar refractivity (Wildman–Crippen MR) is 141 cm³/mol. The molecule has 0 aliphatic carbocycles. The Morgan fingerprint density at radius 2 is 1.43 bits per heavy atom. The maximum Gasteiger partial charge on any atom is 0.261 e. The third-order valence-electron chi connectivity index (χ3n) is 7.54. The van der Waals surface area contributed by atoms with E-state index in [9.17, 15) is 31.9 Å². The molecule has 2 saturated heterocycles. The lowest BCUT2D eigenvalue weighted by molar-refractivity contribution is -0.277. The number of nitrogens with one attached hydrogen (secondary N) is 1. The predicted octanol–water partition coefficient (Wildman–Crippen LogP) is 5.25. The van der Waals surface area contributed by atoms with E-state index in [0.29, 0.717) is 25.3 Å². The van der Waals surface area contributed by atoms with Gasteiger partial charge in [0.1, 0.15) is 5.56 Å². The second-order valence-electron chi connectivity index (χ2n) is 10.3. The Hall–Kier alpha value is -3.42. The van der Waals surface area contributed by atoms with Gasteiger partial charge in [0.2, 0.25) is 5.82 Å². The molecule has 0 unspecified atom stereocenters. The van der Waals surface area contributed by atoms with E-state index < -0.39 is 46.8 Å². The van der Waals surface area contributed by atoms with Gasteiger partial charge in [0.25, 0.3) is 5.91 Å². The molecule has 0 saturated carbocycles. The Kier molecular flexibility index (Phi) is 9.19. The summed E-state index contributed by atoms with van der Waals surface area (Å²) in [6.45, 7) is 5.41. The van der Waals surface area contributed by atoms with Gasteiger partial charge < -0.3 is 24.6 Å². The van der Waals surface area contributed by atoms with E-state index in [2.05, 4.69) is 10.2 Å². The third-order valence-corrected chi connectivity index (χ3v) is 7.54. The summed E-state index contributed by atoms with van der Waals surface area (Å²) in [4.78, 5) is 14.7. The van der Waals surface area contributed by atoms with E-state index in [-0.39, 0.29) is 30.4 Å². The molecule has 2 fully saturated rings. The summed E-state index contributed by atoms with van der Waals surface area (Å²) in [7, 11) is 0. The normalized spacial score (nSPS) is 23.1. The monoisotopic (exact) mass is 592 g/mol. The number of morpholine rings is 1. The number of carbonyl (C=O) groups is 1. The van der Waals surface area contributed by atoms with Gasteiger partial charge in [0.05, 0.1) is 32.0 Å². The average molecular weight is 593 g/mol. The van der Waals surface area contributed by atoms with Crippen LogP contribution in [0.4, 0.5) is 27.6 Å². The summed E-state index contributed by atoms with van der Waals surface area (Å²) in [6.07, 6.45) is -1.39. The number of anilines is 1. The minimum absolute atomic E-state index is 0.0380. The number of aliphatic hydroxyl groups excluding tert-OH is 1. The molecule has 1 amide bonds. The quantitative estimate of drug-likeness (QED) is 0.222. The third kappa shape index (κ3) is 6.18. The van der Waals surface area contributed by atoms with Crippen molar-refractivity contribution in [3.8, 4) is 0 Å². The van der Waals surface area contributed by atoms with Gasteiger partial charge in [-0.1, -0.05) is 43.3 Å². The first-order valence-corrected chi connectivity index (χ1v) is 13.4. The molecule has 42 heavy (non-hydrogen) atoms. The van der Waals surface area contributed by atoms with Gasteiger partial charge in [-0.2, -0.15) is 0 Å². The van der Waals surface area contributed by atoms with Crippen LogP contribution >= 0.6 is 0 Å². The van der Waals surface area contributed by atoms with Crippen molar-refractivity contribution in [1.82, 2.24) is 4.90 Å². The molecule has 2 aliphatic rings. The van der Waals surface area contributed by atoms with Gasteiger partial charge in [-0.25, -0.2) is 22.0 Å². The van der Waals surface area contributed by atoms with Gasteiger partial charge in [-0.05, 0) is 23.3 Å². The summed E-state index contributed by atoms with van der Waals surface area (Å²) < 4.78 is 86.9. The van der Waals surface area contributed by atoms with E-state index >= 15 is 0 Å². The zero-order valence-corrected chi connectivity index (χ0v) is 22.6. The molecule has 4 atom stereocenters. The highest BCUT2D eigenvalue weighted by Crippen LogP contribution is 2.42. The lowest BCUT2D eigenvalue weighted by atomic mass is 9.90. The maximum absolute atomic E-state index is 14.1. The lowest BCUT2D eigenvalue weighted by Crippen LogP contribution is -2.47. The van der Waals surface area contributed by atoms with Crippen molar-refractivity contribution >= 4 is 11.6 Å². The van der Waals surface area contributed by atoms with Crippen LogP contribution in [0.25, 0.3) is 0 Å². The summed E-state index contributed by atoms with van der Waals surface area (Å²) in [5.41, 5.74) is 0.734. The Morgan fingerprint density at radius 1 is 0.857 bits per heavy atom. The van der Waals surface area contributed by atoms with Crippen molar-refractivity contribution in [2.24, 2.45) is 5.92 Å². The van der Waals surface area contributed by atoms with Crippen molar-refractivity contribution in [3.63, 3.8) is 0 Å². The van der Waals surface area contributed by atoms with Gasteiger partial charge in [-0.3, -0.25) is 9.69 Å². The molecule has 5 rings (SSSR count). The SMILES string of the molecule is C[C@H]1[C@@H](CN2CCOCC2)O[C@@H](c2ccc(NC(=O)c3c(F)c(F)c(F)c(F)c3F)cc2)O[C@H]1c1ccc(CO)cc1. The minimum Gasteiger partial charge on any atom is -0.392 e. The van der Waals surface area contributed by atoms with Crippen LogP contribution in [0.3, 0.4) is 0 Å². The summed E-state index contributed by atoms with van der Waals surface area (Å²) >= 11 is 0. The van der Waals surface area contributed by atoms with Crippen molar-refractivity contribution in [2.75, 3.05) is 38.2 Å². The first kappa shape index (κ1) is 30.1. The first-order valence-electron chi connectivity index (χ1n) is 13.4. The van der Waals surface area contributed by atoms with Crippen molar-refractivity contribution in [2.45, 2.75) is 32.0 Å². The molecule has 0 spiro atoms. The van der Waals surface area contributed by atoms with Crippen LogP contribution in [0.1, 0.15) is 46.4 Å². The largest absolute Gasteiger partial charge is 0.392 e. The topological polar surface area (TPSA) is 80.3 Å². The minimum atomic E-state index is -2.35. The molecule has 0 bridgehead atoms. The molecule has 2 aliphatic heterocycles. The Bertz CT molecular complexity index is 1390. The number of carbonyl (C=O) groups excluding carboxylic acids is 1. The lowest BCUT2D eigenvalue weighted by Gasteiger charge is -2.43. The van der Waals surface area contributed by atoms with Crippen molar-refractivity contribution in [3.05, 3.63) is 99.9 Å². The number of amides is 1. The molecule has 2 heterocycles. The Labute approximate surface area is 238 Å². The number of benzene rings is 3.